The predicted octanol–water partition coefficient (Wildman–Crippen LogP) is 0.933. The van der Waals surface area contributed by atoms with Crippen LogP contribution in [0.1, 0.15) is 31.9 Å². The number of ether oxygens (including phenoxy) is 2. The molecule has 0 bridgehead atoms. The maximum atomic E-state index is 12.4. The zero-order valence-electron chi connectivity index (χ0n) is 14.2. The SMILES string of the molecule is CCOC(=O)C[C@H](C)[C@H](NC(=O)[C@@H](OC)c1ccccc1)C(N)=O. The van der Waals surface area contributed by atoms with E-state index in [9.17, 15) is 14.4 Å². The highest BCUT2D eigenvalue weighted by Crippen LogP contribution is 2.18. The van der Waals surface area contributed by atoms with Crippen LogP contribution in [0.3, 0.4) is 0 Å². The minimum Gasteiger partial charge on any atom is -0.466 e. The maximum absolute atomic E-state index is 12.4. The van der Waals surface area contributed by atoms with Gasteiger partial charge in [0.1, 0.15) is 6.04 Å². The molecule has 0 aliphatic heterocycles. The van der Waals surface area contributed by atoms with Gasteiger partial charge in [0.15, 0.2) is 6.10 Å². The van der Waals surface area contributed by atoms with E-state index in [1.165, 1.54) is 7.11 Å². The molecule has 1 aromatic carbocycles. The first-order chi connectivity index (χ1) is 11.4. The smallest absolute Gasteiger partial charge is 0.306 e. The van der Waals surface area contributed by atoms with E-state index in [2.05, 4.69) is 5.32 Å². The molecule has 0 radical (unpaired) electrons. The number of nitrogens with one attached hydrogen (secondary N) is 1. The van der Waals surface area contributed by atoms with Crippen molar-refractivity contribution in [1.29, 1.82) is 0 Å². The Hall–Kier alpha value is -2.41. The topological polar surface area (TPSA) is 108 Å². The fourth-order valence-electron chi connectivity index (χ4n) is 2.35. The first-order valence-corrected chi connectivity index (χ1v) is 7.73. The number of amides is 2. The van der Waals surface area contributed by atoms with Gasteiger partial charge in [0.25, 0.3) is 5.91 Å². The summed E-state index contributed by atoms with van der Waals surface area (Å²) in [4.78, 5) is 35.7. The van der Waals surface area contributed by atoms with Crippen molar-refractivity contribution in [3.63, 3.8) is 0 Å². The molecule has 7 heteroatoms. The van der Waals surface area contributed by atoms with Gasteiger partial charge < -0.3 is 20.5 Å². The number of rotatable bonds is 9. The minimum absolute atomic E-state index is 0.0231. The van der Waals surface area contributed by atoms with E-state index >= 15 is 0 Å². The number of benzene rings is 1. The Labute approximate surface area is 141 Å². The molecule has 1 aromatic rings. The summed E-state index contributed by atoms with van der Waals surface area (Å²) in [5, 5.41) is 2.57. The van der Waals surface area contributed by atoms with Crippen LogP contribution in [-0.4, -0.2) is 37.5 Å². The second kappa shape index (κ2) is 9.67. The molecule has 0 unspecified atom stereocenters. The monoisotopic (exact) mass is 336 g/mol. The van der Waals surface area contributed by atoms with Gasteiger partial charge in [0.2, 0.25) is 5.91 Å². The molecule has 0 spiro atoms. The van der Waals surface area contributed by atoms with Crippen LogP contribution in [0.2, 0.25) is 0 Å². The summed E-state index contributed by atoms with van der Waals surface area (Å²) in [6, 6.07) is 7.88. The van der Waals surface area contributed by atoms with Crippen LogP contribution in [0.15, 0.2) is 30.3 Å². The third kappa shape index (κ3) is 5.66. The van der Waals surface area contributed by atoms with E-state index in [4.69, 9.17) is 15.2 Å². The average Bonchev–Trinajstić information content (AvgIpc) is 2.54. The van der Waals surface area contributed by atoms with Crippen molar-refractivity contribution in [2.24, 2.45) is 11.7 Å². The van der Waals surface area contributed by atoms with E-state index in [0.29, 0.717) is 5.56 Å². The third-order valence-corrected chi connectivity index (χ3v) is 3.54. The van der Waals surface area contributed by atoms with Gasteiger partial charge in [-0.1, -0.05) is 37.3 Å². The Morgan fingerprint density at radius 3 is 2.33 bits per heavy atom. The van der Waals surface area contributed by atoms with Crippen molar-refractivity contribution in [2.75, 3.05) is 13.7 Å². The van der Waals surface area contributed by atoms with E-state index < -0.39 is 35.8 Å². The van der Waals surface area contributed by atoms with E-state index in [0.717, 1.165) is 0 Å². The van der Waals surface area contributed by atoms with Crippen LogP contribution in [0, 0.1) is 5.92 Å². The van der Waals surface area contributed by atoms with Crippen LogP contribution in [0.5, 0.6) is 0 Å². The molecule has 1 rings (SSSR count). The molecule has 2 amide bonds. The Kier molecular flexibility index (Phi) is 7.91. The molecule has 132 valence electrons. The molecule has 0 heterocycles. The Morgan fingerprint density at radius 2 is 1.83 bits per heavy atom. The zero-order chi connectivity index (χ0) is 18.1. The van der Waals surface area contributed by atoms with E-state index in [-0.39, 0.29) is 13.0 Å². The number of methoxy groups -OCH3 is 1. The average molecular weight is 336 g/mol. The molecule has 3 N–H and O–H groups in total. The largest absolute Gasteiger partial charge is 0.466 e. The molecule has 0 aromatic heterocycles. The summed E-state index contributed by atoms with van der Waals surface area (Å²) < 4.78 is 10.1. The van der Waals surface area contributed by atoms with Crippen molar-refractivity contribution >= 4 is 17.8 Å². The molecule has 0 saturated heterocycles. The lowest BCUT2D eigenvalue weighted by atomic mass is 9.97. The van der Waals surface area contributed by atoms with Gasteiger partial charge in [0.05, 0.1) is 13.0 Å². The molecule has 0 fully saturated rings. The first-order valence-electron chi connectivity index (χ1n) is 7.73. The summed E-state index contributed by atoms with van der Waals surface area (Å²) in [7, 11) is 1.40. The molecular weight excluding hydrogens is 312 g/mol. The Bertz CT molecular complexity index is 561. The normalized spacial score (nSPS) is 14.3. The van der Waals surface area contributed by atoms with Gasteiger partial charge in [-0.3, -0.25) is 14.4 Å². The lowest BCUT2D eigenvalue weighted by molar-refractivity contribution is -0.145. The van der Waals surface area contributed by atoms with Gasteiger partial charge in [-0.2, -0.15) is 0 Å². The number of carbonyl (C=O) groups is 3. The van der Waals surface area contributed by atoms with Crippen LogP contribution in [0.25, 0.3) is 0 Å². The summed E-state index contributed by atoms with van der Waals surface area (Å²) in [6.07, 6.45) is -0.895. The standard InChI is InChI=1S/C17H24N2O5/c1-4-24-13(20)10-11(2)14(16(18)21)19-17(22)15(23-3)12-8-6-5-7-9-12/h5-9,11,14-15H,4,10H2,1-3H3,(H2,18,21)(H,19,22)/t11-,14-,15-/m0/s1. The van der Waals surface area contributed by atoms with Crippen molar-refractivity contribution in [3.8, 4) is 0 Å². The van der Waals surface area contributed by atoms with Crippen molar-refractivity contribution in [3.05, 3.63) is 35.9 Å². The lowest BCUT2D eigenvalue weighted by Crippen LogP contribution is -2.50. The van der Waals surface area contributed by atoms with Crippen molar-refractivity contribution < 1.29 is 23.9 Å². The van der Waals surface area contributed by atoms with Crippen LogP contribution in [0.4, 0.5) is 0 Å². The number of nitrogens with two attached hydrogens (primary N) is 1. The number of primary amides is 1. The quantitative estimate of drug-likeness (QED) is 0.652. The highest BCUT2D eigenvalue weighted by Gasteiger charge is 2.30. The van der Waals surface area contributed by atoms with Gasteiger partial charge in [-0.25, -0.2) is 0 Å². The maximum Gasteiger partial charge on any atom is 0.306 e. The predicted molar refractivity (Wildman–Crippen MR) is 87.7 cm³/mol. The lowest BCUT2D eigenvalue weighted by Gasteiger charge is -2.24. The number of esters is 1. The highest BCUT2D eigenvalue weighted by atomic mass is 16.5. The van der Waals surface area contributed by atoms with Gasteiger partial charge >= 0.3 is 5.97 Å². The summed E-state index contributed by atoms with van der Waals surface area (Å²) in [6.45, 7) is 3.59. The Balaban J connectivity index is 2.81. The first kappa shape index (κ1) is 19.6. The highest BCUT2D eigenvalue weighted by molar-refractivity contribution is 5.89. The number of carbonyl (C=O) groups excluding carboxylic acids is 3. The molecule has 0 aliphatic carbocycles. The molecule has 7 nitrogen and oxygen atoms in total. The minimum atomic E-state index is -0.997. The molecule has 0 aliphatic rings. The van der Waals surface area contributed by atoms with Crippen LogP contribution >= 0.6 is 0 Å². The molecule has 24 heavy (non-hydrogen) atoms. The fraction of sp³-hybridized carbons (Fsp3) is 0.471. The second-order valence-corrected chi connectivity index (χ2v) is 5.40. The van der Waals surface area contributed by atoms with Crippen molar-refractivity contribution in [2.45, 2.75) is 32.4 Å². The van der Waals surface area contributed by atoms with E-state index in [1.807, 2.05) is 6.07 Å². The summed E-state index contributed by atoms with van der Waals surface area (Å²) in [5.74, 6) is -2.16. The second-order valence-electron chi connectivity index (χ2n) is 5.40. The summed E-state index contributed by atoms with van der Waals surface area (Å²) >= 11 is 0. The fourth-order valence-corrected chi connectivity index (χ4v) is 2.35. The third-order valence-electron chi connectivity index (χ3n) is 3.54. The van der Waals surface area contributed by atoms with Gasteiger partial charge in [0, 0.05) is 7.11 Å². The Morgan fingerprint density at radius 1 is 1.21 bits per heavy atom. The number of hydrogen-bond donors (Lipinski definition) is 2. The zero-order valence-corrected chi connectivity index (χ0v) is 14.2. The van der Waals surface area contributed by atoms with E-state index in [1.54, 1.807) is 38.1 Å². The summed E-state index contributed by atoms with van der Waals surface area (Å²) in [5.41, 5.74) is 6.02. The van der Waals surface area contributed by atoms with Crippen LogP contribution in [-0.2, 0) is 23.9 Å². The van der Waals surface area contributed by atoms with Gasteiger partial charge in [-0.15, -0.1) is 0 Å². The number of hydrogen-bond acceptors (Lipinski definition) is 5. The molecular formula is C17H24N2O5. The molecule has 0 saturated carbocycles. The van der Waals surface area contributed by atoms with Crippen molar-refractivity contribution in [1.82, 2.24) is 5.32 Å². The molecule has 3 atom stereocenters. The van der Waals surface area contributed by atoms with Crippen LogP contribution < -0.4 is 11.1 Å². The van der Waals surface area contributed by atoms with Gasteiger partial charge in [-0.05, 0) is 18.4 Å².